The molecule has 1 rings (SSSR count). The van der Waals surface area contributed by atoms with E-state index >= 15 is 0 Å². The van der Waals surface area contributed by atoms with Gasteiger partial charge < -0.3 is 6.74 Å². The maximum absolute atomic E-state index is 10.1. The molecule has 5 nitrogen and oxygen atoms in total. The minimum Gasteiger partial charge on any atom is -1.00 e. The van der Waals surface area contributed by atoms with Gasteiger partial charge in [0, 0.05) is 0 Å². The average molecular weight is 231 g/mol. The summed E-state index contributed by atoms with van der Waals surface area (Å²) in [5.41, 5.74) is 0.532. The summed E-state index contributed by atoms with van der Waals surface area (Å²) in [6.07, 6.45) is 0.457. The molecule has 1 amide bonds. The van der Waals surface area contributed by atoms with Gasteiger partial charge in [-0.2, -0.15) is 8.42 Å². The third-order valence-corrected chi connectivity index (χ3v) is 2.91. The first-order valence-electron chi connectivity index (χ1n) is 3.75. The molecule has 1 fully saturated rings. The molecule has 1 aliphatic rings. The van der Waals surface area contributed by atoms with Crippen LogP contribution in [0.5, 0.6) is 0 Å². The Bertz CT molecular complexity index is 305. The van der Waals surface area contributed by atoms with Gasteiger partial charge in [0.15, 0.2) is 0 Å². The topological polar surface area (TPSA) is 93.4 Å². The van der Waals surface area contributed by atoms with Crippen molar-refractivity contribution in [2.75, 3.05) is 0 Å². The minimum absolute atomic E-state index is 0. The molecule has 1 saturated heterocycles. The molecule has 1 unspecified atom stereocenters. The van der Waals surface area contributed by atoms with Gasteiger partial charge in [-0.05, 0) is 13.3 Å². The van der Waals surface area contributed by atoms with Gasteiger partial charge in [-0.1, -0.05) is 13.5 Å². The fraction of sp³-hybridized carbons (Fsp3) is 0.571. The number of rotatable bonds is 2. The maximum atomic E-state index is 10.1. The molecule has 0 aromatic carbocycles. The summed E-state index contributed by atoms with van der Waals surface area (Å²) in [5.74, 6) is -0.0231. The van der Waals surface area contributed by atoms with E-state index in [-0.39, 0.29) is 36.9 Å². The number of amides is 1. The Hall–Kier alpha value is 0.120. The van der Waals surface area contributed by atoms with Crippen molar-refractivity contribution in [2.24, 2.45) is 0 Å². The summed E-state index contributed by atoms with van der Waals surface area (Å²) in [6, 6.07) is 0. The molecule has 0 aliphatic carbocycles. The van der Waals surface area contributed by atoms with E-state index in [9.17, 15) is 13.2 Å². The zero-order valence-electron chi connectivity index (χ0n) is 9.57. The maximum Gasteiger partial charge on any atom is 1.00 e. The molecule has 0 radical (unpaired) electrons. The number of hydrogen-bond donors (Lipinski definition) is 2. The van der Waals surface area contributed by atoms with E-state index < -0.39 is 15.4 Å². The van der Waals surface area contributed by atoms with Crippen LogP contribution in [-0.2, 0) is 14.9 Å². The second-order valence-electron chi connectivity index (χ2n) is 2.67. The van der Waals surface area contributed by atoms with Crippen LogP contribution in [0.25, 0.3) is 0 Å². The normalized spacial score (nSPS) is 15.6. The van der Waals surface area contributed by atoms with Crippen LogP contribution < -0.4 is 34.9 Å². The molecule has 0 saturated carbocycles. The molecule has 78 valence electrons. The van der Waals surface area contributed by atoms with E-state index in [4.69, 9.17) is 4.55 Å². The second kappa shape index (κ2) is 6.58. The van der Waals surface area contributed by atoms with Crippen molar-refractivity contribution < 1.29 is 48.7 Å². The molecule has 1 heterocycles. The third-order valence-electron chi connectivity index (χ3n) is 1.56. The number of carbonyl (C=O) groups is 1. The molecule has 0 spiro atoms. The summed E-state index contributed by atoms with van der Waals surface area (Å²) in [6.45, 7) is 6.46. The summed E-state index contributed by atoms with van der Waals surface area (Å²) >= 11 is 0. The molecule has 1 aliphatic heterocycles. The molecule has 2 N–H and O–H groups in total. The standard InChI is InChI=1S/C4H10O3S.C3H3NO.Na.H/c1-3-4(2)8(5,6)7;1-2-3(5)4-2;;/h4H,3H2,1-2H3,(H,5,6,7);1H2,(H,4,5);;/q;;+1;-1. The van der Waals surface area contributed by atoms with Gasteiger partial charge >= 0.3 is 29.6 Å². The summed E-state index contributed by atoms with van der Waals surface area (Å²) in [4.78, 5) is 9.68. The molecule has 0 bridgehead atoms. The Labute approximate surface area is 107 Å². The van der Waals surface area contributed by atoms with Crippen molar-refractivity contribution in [3.63, 3.8) is 0 Å². The first kappa shape index (κ1) is 16.5. The van der Waals surface area contributed by atoms with Gasteiger partial charge in [0.2, 0.25) is 0 Å². The van der Waals surface area contributed by atoms with E-state index in [0.29, 0.717) is 12.1 Å². The fourth-order valence-electron chi connectivity index (χ4n) is 0.316. The van der Waals surface area contributed by atoms with Crippen molar-refractivity contribution in [1.82, 2.24) is 5.32 Å². The van der Waals surface area contributed by atoms with E-state index in [1.807, 2.05) is 0 Å². The molecule has 14 heavy (non-hydrogen) atoms. The van der Waals surface area contributed by atoms with Crippen LogP contribution in [0.3, 0.4) is 0 Å². The van der Waals surface area contributed by atoms with Gasteiger partial charge in [-0.3, -0.25) is 9.35 Å². The monoisotopic (exact) mass is 231 g/mol. The van der Waals surface area contributed by atoms with Crippen LogP contribution in [0.2, 0.25) is 0 Å². The van der Waals surface area contributed by atoms with Gasteiger partial charge in [0.1, 0.15) is 0 Å². The molecular formula is C7H14NNaO4S. The summed E-state index contributed by atoms with van der Waals surface area (Å²) in [5, 5.41) is 1.74. The Kier molecular flexibility index (Phi) is 7.77. The Morgan fingerprint density at radius 2 is 1.93 bits per heavy atom. The number of hydrogen-bond acceptors (Lipinski definition) is 3. The quantitative estimate of drug-likeness (QED) is 0.236. The van der Waals surface area contributed by atoms with E-state index in [2.05, 4.69) is 11.9 Å². The largest absolute Gasteiger partial charge is 1.00 e. The average Bonchev–Trinajstić information content (AvgIpc) is 2.62. The zero-order chi connectivity index (χ0) is 10.6. The third kappa shape index (κ3) is 7.52. The van der Waals surface area contributed by atoms with Crippen LogP contribution in [0, 0.1) is 0 Å². The van der Waals surface area contributed by atoms with Crippen molar-refractivity contribution >= 4 is 16.0 Å². The SMILES string of the molecule is C=C1NC1=O.CCC(C)S(=O)(=O)O.[H-].[Na+]. The van der Waals surface area contributed by atoms with Gasteiger partial charge in [0.25, 0.3) is 16.0 Å². The van der Waals surface area contributed by atoms with Crippen LogP contribution in [0.15, 0.2) is 12.3 Å². The van der Waals surface area contributed by atoms with E-state index in [1.54, 1.807) is 6.92 Å². The molecule has 0 aromatic heterocycles. The predicted octanol–water partition coefficient (Wildman–Crippen LogP) is -2.58. The van der Waals surface area contributed by atoms with Gasteiger partial charge in [0.05, 0.1) is 10.9 Å². The zero-order valence-corrected chi connectivity index (χ0v) is 11.4. The molecule has 0 aromatic rings. The first-order valence-corrected chi connectivity index (χ1v) is 5.26. The van der Waals surface area contributed by atoms with E-state index in [1.165, 1.54) is 6.92 Å². The van der Waals surface area contributed by atoms with E-state index in [0.717, 1.165) is 0 Å². The summed E-state index contributed by atoms with van der Waals surface area (Å²) in [7, 11) is -3.75. The Morgan fingerprint density at radius 3 is 1.93 bits per heavy atom. The first-order chi connectivity index (χ1) is 5.79. The van der Waals surface area contributed by atoms with Crippen molar-refractivity contribution in [3.05, 3.63) is 12.3 Å². The van der Waals surface area contributed by atoms with Crippen molar-refractivity contribution in [2.45, 2.75) is 25.5 Å². The Morgan fingerprint density at radius 1 is 1.64 bits per heavy atom. The summed E-state index contributed by atoms with van der Waals surface area (Å²) < 4.78 is 28.5. The number of nitrogens with one attached hydrogen (secondary N) is 1. The van der Waals surface area contributed by atoms with Crippen LogP contribution in [-0.4, -0.2) is 24.1 Å². The molecular weight excluding hydrogens is 217 g/mol. The van der Waals surface area contributed by atoms with Crippen LogP contribution >= 0.6 is 0 Å². The Balaban J connectivity index is -0.000000180. The molecule has 7 heteroatoms. The fourth-order valence-corrected chi connectivity index (χ4v) is 0.738. The predicted molar refractivity (Wildman–Crippen MR) is 49.7 cm³/mol. The number of carbonyl (C=O) groups excluding carboxylic acids is 1. The minimum atomic E-state index is -3.75. The van der Waals surface area contributed by atoms with Crippen molar-refractivity contribution in [3.8, 4) is 0 Å². The van der Waals surface area contributed by atoms with Crippen molar-refractivity contribution in [1.29, 1.82) is 0 Å². The smallest absolute Gasteiger partial charge is 1.00 e. The van der Waals surface area contributed by atoms with Crippen LogP contribution in [0.4, 0.5) is 0 Å². The van der Waals surface area contributed by atoms with Gasteiger partial charge in [-0.25, -0.2) is 0 Å². The van der Waals surface area contributed by atoms with Crippen LogP contribution in [0.1, 0.15) is 21.7 Å². The molecule has 1 atom stereocenters. The second-order valence-corrected chi connectivity index (χ2v) is 4.50. The van der Waals surface area contributed by atoms with Gasteiger partial charge in [-0.15, -0.1) is 0 Å².